The molecule has 3 amide bonds. The summed E-state index contributed by atoms with van der Waals surface area (Å²) in [6, 6.07) is 9.70. The van der Waals surface area contributed by atoms with Gasteiger partial charge in [0.1, 0.15) is 6.54 Å². The number of para-hydroxylation sites is 1. The van der Waals surface area contributed by atoms with E-state index in [-0.39, 0.29) is 11.9 Å². The number of unbranched alkanes of at least 4 members (excludes halogenated alkanes) is 1. The Morgan fingerprint density at radius 1 is 1.03 bits per heavy atom. The Balaban J connectivity index is 1.50. The Labute approximate surface area is 178 Å². The first-order chi connectivity index (χ1) is 14.5. The van der Waals surface area contributed by atoms with E-state index in [0.29, 0.717) is 12.4 Å². The van der Waals surface area contributed by atoms with Crippen LogP contribution in [0.3, 0.4) is 0 Å². The number of nitrogens with zero attached hydrogens (tertiary/aromatic N) is 6. The van der Waals surface area contributed by atoms with Crippen molar-refractivity contribution in [1.82, 2.24) is 14.7 Å². The summed E-state index contributed by atoms with van der Waals surface area (Å²) in [5.74, 6) is 1.29. The highest BCUT2D eigenvalue weighted by Gasteiger charge is 2.52. The molecular formula is C22H31N6O2+. The number of hydrogen-bond donors (Lipinski definition) is 0. The molecule has 1 unspecified atom stereocenters. The van der Waals surface area contributed by atoms with Gasteiger partial charge in [-0.05, 0) is 23.5 Å². The molecule has 0 N–H and O–H groups in total. The van der Waals surface area contributed by atoms with Crippen molar-refractivity contribution in [1.29, 1.82) is 0 Å². The van der Waals surface area contributed by atoms with Crippen LogP contribution in [0.1, 0.15) is 19.8 Å². The van der Waals surface area contributed by atoms with Crippen LogP contribution in [-0.4, -0.2) is 102 Å². The Kier molecular flexibility index (Phi) is 5.85. The molecular weight excluding hydrogens is 380 g/mol. The van der Waals surface area contributed by atoms with Crippen LogP contribution in [0.5, 0.6) is 0 Å². The number of benzene rings is 1. The summed E-state index contributed by atoms with van der Waals surface area (Å²) in [6.45, 7) is 7.43. The lowest BCUT2D eigenvalue weighted by Gasteiger charge is -2.35. The quantitative estimate of drug-likeness (QED) is 0.663. The van der Waals surface area contributed by atoms with Gasteiger partial charge < -0.3 is 4.90 Å². The summed E-state index contributed by atoms with van der Waals surface area (Å²) >= 11 is 0. The topological polar surface area (TPSA) is 62.5 Å². The number of aliphatic imine (C=N–C) groups is 1. The molecule has 2 fully saturated rings. The summed E-state index contributed by atoms with van der Waals surface area (Å²) in [5, 5.41) is 0. The molecule has 3 aliphatic rings. The van der Waals surface area contributed by atoms with E-state index in [4.69, 9.17) is 4.99 Å². The number of amides is 3. The third-order valence-electron chi connectivity index (χ3n) is 6.22. The van der Waals surface area contributed by atoms with Crippen molar-refractivity contribution in [2.24, 2.45) is 4.99 Å². The maximum Gasteiger partial charge on any atom is 0.333 e. The first kappa shape index (κ1) is 20.5. The molecule has 8 nitrogen and oxygen atoms in total. The van der Waals surface area contributed by atoms with Gasteiger partial charge in [0.15, 0.2) is 0 Å². The number of likely N-dealkylation sites (N-methyl/N-ethyl adjacent to an activating group) is 2. The predicted molar refractivity (Wildman–Crippen MR) is 117 cm³/mol. The molecule has 1 atom stereocenters. The summed E-state index contributed by atoms with van der Waals surface area (Å²) in [7, 11) is 3.26. The number of carbonyl (C=O) groups excluding carboxylic acids is 2. The van der Waals surface area contributed by atoms with Crippen molar-refractivity contribution in [2.45, 2.75) is 25.8 Å². The van der Waals surface area contributed by atoms with Crippen molar-refractivity contribution < 1.29 is 14.2 Å². The first-order valence-electron chi connectivity index (χ1n) is 10.8. The van der Waals surface area contributed by atoms with Crippen molar-refractivity contribution in [3.63, 3.8) is 0 Å². The zero-order valence-corrected chi connectivity index (χ0v) is 18.1. The second-order valence-corrected chi connectivity index (χ2v) is 8.17. The molecule has 3 heterocycles. The van der Waals surface area contributed by atoms with Crippen LogP contribution in [0.25, 0.3) is 0 Å². The number of imide groups is 1. The first-order valence-corrected chi connectivity index (χ1v) is 10.8. The zero-order chi connectivity index (χ0) is 21.3. The molecule has 0 aliphatic carbocycles. The van der Waals surface area contributed by atoms with Crippen LogP contribution in [0.15, 0.2) is 35.3 Å². The second kappa shape index (κ2) is 8.55. The number of fused-ring (bicyclic) bond motifs is 1. The van der Waals surface area contributed by atoms with Gasteiger partial charge in [-0.25, -0.2) is 9.37 Å². The molecule has 160 valence electrons. The van der Waals surface area contributed by atoms with Crippen LogP contribution < -0.4 is 4.90 Å². The SMILES string of the molecule is CCCC[N+]1=C(CN2CCN(c3ccccc3)CC2)N=C2C1C(=O)N(C)C(=O)N2C. The van der Waals surface area contributed by atoms with Crippen LogP contribution in [0.4, 0.5) is 10.5 Å². The predicted octanol–water partition coefficient (Wildman–Crippen LogP) is 1.32. The summed E-state index contributed by atoms with van der Waals surface area (Å²) in [4.78, 5) is 37.6. The zero-order valence-electron chi connectivity index (χ0n) is 18.1. The van der Waals surface area contributed by atoms with Gasteiger partial charge in [0.25, 0.3) is 17.8 Å². The molecule has 0 aromatic heterocycles. The number of urea groups is 1. The Morgan fingerprint density at radius 3 is 2.40 bits per heavy atom. The smallest absolute Gasteiger partial charge is 0.333 e. The highest BCUT2D eigenvalue weighted by molar-refractivity contribution is 6.23. The number of carbonyl (C=O) groups is 2. The fraction of sp³-hybridized carbons (Fsp3) is 0.545. The van der Waals surface area contributed by atoms with Crippen molar-refractivity contribution in [2.75, 3.05) is 58.3 Å². The van der Waals surface area contributed by atoms with Gasteiger partial charge in [0, 0.05) is 46.0 Å². The molecule has 4 rings (SSSR count). The third kappa shape index (κ3) is 3.71. The second-order valence-electron chi connectivity index (χ2n) is 8.17. The Morgan fingerprint density at radius 2 is 1.73 bits per heavy atom. The van der Waals surface area contributed by atoms with Crippen molar-refractivity contribution in [3.05, 3.63) is 30.3 Å². The van der Waals surface area contributed by atoms with Gasteiger partial charge in [0.2, 0.25) is 0 Å². The molecule has 1 aromatic rings. The lowest BCUT2D eigenvalue weighted by Crippen LogP contribution is -2.61. The Bertz CT molecular complexity index is 873. The molecule has 30 heavy (non-hydrogen) atoms. The fourth-order valence-corrected chi connectivity index (χ4v) is 4.36. The maximum atomic E-state index is 12.9. The lowest BCUT2D eigenvalue weighted by atomic mass is 10.1. The summed E-state index contributed by atoms with van der Waals surface area (Å²) < 4.78 is 2.12. The van der Waals surface area contributed by atoms with Crippen LogP contribution in [0.2, 0.25) is 0 Å². The minimum Gasteiger partial charge on any atom is -0.369 e. The van der Waals surface area contributed by atoms with E-state index in [2.05, 4.69) is 45.6 Å². The van der Waals surface area contributed by atoms with E-state index in [0.717, 1.165) is 51.4 Å². The third-order valence-corrected chi connectivity index (χ3v) is 6.22. The summed E-state index contributed by atoms with van der Waals surface area (Å²) in [5.41, 5.74) is 1.26. The minimum absolute atomic E-state index is 0.183. The van der Waals surface area contributed by atoms with Crippen molar-refractivity contribution in [3.8, 4) is 0 Å². The summed E-state index contributed by atoms with van der Waals surface area (Å²) in [6.07, 6.45) is 2.03. The average Bonchev–Trinajstić information content (AvgIpc) is 3.14. The van der Waals surface area contributed by atoms with Crippen LogP contribution in [0, 0.1) is 0 Å². The van der Waals surface area contributed by atoms with Crippen molar-refractivity contribution >= 4 is 29.3 Å². The van der Waals surface area contributed by atoms with Crippen LogP contribution >= 0.6 is 0 Å². The molecule has 8 heteroatoms. The molecule has 0 bridgehead atoms. The van der Waals surface area contributed by atoms with E-state index in [1.165, 1.54) is 15.5 Å². The standard InChI is InChI=1S/C22H31N6O2/c1-4-5-11-28-18(23-20-19(28)21(29)25(3)22(30)24(20)2)16-26-12-14-27(15-13-26)17-9-7-6-8-10-17/h6-10,19H,4-5,11-16H2,1-3H3/q+1. The van der Waals surface area contributed by atoms with Gasteiger partial charge in [-0.3, -0.25) is 19.5 Å². The number of anilines is 1. The van der Waals surface area contributed by atoms with Gasteiger partial charge >= 0.3 is 11.9 Å². The highest BCUT2D eigenvalue weighted by atomic mass is 16.2. The van der Waals surface area contributed by atoms with Gasteiger partial charge in [-0.1, -0.05) is 31.5 Å². The van der Waals surface area contributed by atoms with E-state index in [1.54, 1.807) is 14.1 Å². The van der Waals surface area contributed by atoms with Gasteiger partial charge in [-0.15, -0.1) is 0 Å². The average molecular weight is 412 g/mol. The number of amidine groups is 2. The molecule has 0 spiro atoms. The maximum absolute atomic E-state index is 12.9. The van der Waals surface area contributed by atoms with E-state index < -0.39 is 6.04 Å². The van der Waals surface area contributed by atoms with Crippen LogP contribution in [-0.2, 0) is 4.79 Å². The van der Waals surface area contributed by atoms with Gasteiger partial charge in [-0.2, -0.15) is 0 Å². The number of rotatable bonds is 6. The Hall–Kier alpha value is -2.74. The van der Waals surface area contributed by atoms with E-state index in [9.17, 15) is 9.59 Å². The highest BCUT2D eigenvalue weighted by Crippen LogP contribution is 2.21. The monoisotopic (exact) mass is 411 g/mol. The molecule has 1 aromatic carbocycles. The van der Waals surface area contributed by atoms with Gasteiger partial charge in [0.05, 0.1) is 6.54 Å². The molecule has 0 saturated carbocycles. The number of hydrogen-bond acceptors (Lipinski definition) is 5. The molecule has 0 radical (unpaired) electrons. The minimum atomic E-state index is -0.482. The number of piperazine rings is 1. The molecule has 3 aliphatic heterocycles. The lowest BCUT2D eigenvalue weighted by molar-refractivity contribution is -0.536. The normalized spacial score (nSPS) is 22.7. The molecule has 2 saturated heterocycles. The van der Waals surface area contributed by atoms with E-state index in [1.807, 2.05) is 6.07 Å². The largest absolute Gasteiger partial charge is 0.369 e. The fourth-order valence-electron chi connectivity index (χ4n) is 4.36. The van der Waals surface area contributed by atoms with E-state index >= 15 is 0 Å².